The molecule has 0 aliphatic carbocycles. The van der Waals surface area contributed by atoms with E-state index in [-0.39, 0.29) is 12.2 Å². The molecule has 0 spiro atoms. The van der Waals surface area contributed by atoms with E-state index in [0.29, 0.717) is 42.3 Å². The van der Waals surface area contributed by atoms with Crippen LogP contribution in [0.1, 0.15) is 54.9 Å². The highest BCUT2D eigenvalue weighted by Gasteiger charge is 2.61. The number of rotatable bonds is 12. The lowest BCUT2D eigenvalue weighted by molar-refractivity contribution is -0.360. The number of nitrogens with zero attached hydrogens (tertiary/aromatic N) is 3. The van der Waals surface area contributed by atoms with Gasteiger partial charge in [0.05, 0.1) is 5.69 Å². The highest BCUT2D eigenvalue weighted by Crippen LogP contribution is 2.37. The van der Waals surface area contributed by atoms with Crippen LogP contribution in [0.5, 0.6) is 5.75 Å². The van der Waals surface area contributed by atoms with Crippen molar-refractivity contribution in [3.05, 3.63) is 95.3 Å². The van der Waals surface area contributed by atoms with Gasteiger partial charge in [-0.3, -0.25) is 4.79 Å². The summed E-state index contributed by atoms with van der Waals surface area (Å²) in [5.41, 5.74) is 5.65. The van der Waals surface area contributed by atoms with Crippen molar-refractivity contribution in [3.63, 3.8) is 0 Å². The van der Waals surface area contributed by atoms with Crippen LogP contribution < -0.4 is 4.74 Å². The van der Waals surface area contributed by atoms with Crippen LogP contribution in [-0.4, -0.2) is 37.7 Å². The molecule has 0 saturated carbocycles. The Labute approximate surface area is 251 Å². The minimum atomic E-state index is -5.83. The number of carbonyl (C=O) groups excluding carboxylic acids is 1. The molecular formula is C32H30F5N3O2S. The quantitative estimate of drug-likeness (QED) is 0.118. The second-order valence-electron chi connectivity index (χ2n) is 10.6. The topological polar surface area (TPSA) is 57.0 Å². The number of ketones is 1. The molecule has 0 aliphatic rings. The van der Waals surface area contributed by atoms with E-state index in [4.69, 9.17) is 12.2 Å². The summed E-state index contributed by atoms with van der Waals surface area (Å²) in [6.07, 6.45) is -7.94. The molecular weight excluding hydrogens is 585 g/mol. The van der Waals surface area contributed by atoms with Crippen molar-refractivity contribution in [2.75, 3.05) is 0 Å². The first-order valence-corrected chi connectivity index (χ1v) is 14.0. The van der Waals surface area contributed by atoms with Crippen molar-refractivity contribution in [2.45, 2.75) is 64.7 Å². The van der Waals surface area contributed by atoms with Gasteiger partial charge in [-0.15, -0.1) is 5.10 Å². The number of benzene rings is 3. The van der Waals surface area contributed by atoms with Crippen molar-refractivity contribution < 1.29 is 31.5 Å². The molecule has 1 heterocycles. The first kappa shape index (κ1) is 31.9. The summed E-state index contributed by atoms with van der Waals surface area (Å²) in [4.78, 5) is 17.6. The monoisotopic (exact) mass is 615 g/mol. The predicted octanol–water partition coefficient (Wildman–Crippen LogP) is 8.40. The Bertz CT molecular complexity index is 1580. The van der Waals surface area contributed by atoms with E-state index in [1.165, 1.54) is 39.8 Å². The molecule has 0 unspecified atom stereocenters. The summed E-state index contributed by atoms with van der Waals surface area (Å²) in [7, 11) is 0. The molecule has 1 aromatic heterocycles. The highest BCUT2D eigenvalue weighted by molar-refractivity contribution is 7.80. The van der Waals surface area contributed by atoms with Gasteiger partial charge in [-0.25, -0.2) is 9.67 Å². The number of Topliss-reactive ketones (excluding diaryl/α,β-unsaturated/α-hetero) is 1. The van der Waals surface area contributed by atoms with Crippen molar-refractivity contribution in [1.29, 1.82) is 0 Å². The molecule has 0 N–H and O–H groups in total. The maximum atomic E-state index is 13.1. The Morgan fingerprint density at radius 3 is 2.28 bits per heavy atom. The second-order valence-corrected chi connectivity index (χ2v) is 11.2. The van der Waals surface area contributed by atoms with Gasteiger partial charge in [0.25, 0.3) is 0 Å². The van der Waals surface area contributed by atoms with Gasteiger partial charge in [0.1, 0.15) is 17.9 Å². The van der Waals surface area contributed by atoms with Gasteiger partial charge in [-0.1, -0.05) is 74.1 Å². The molecule has 0 saturated heterocycles. The first-order valence-electron chi connectivity index (χ1n) is 13.6. The lowest BCUT2D eigenvalue weighted by Crippen LogP contribution is -2.41. The SMILES string of the molecule is Cc1ccc(C(C)C)c(CC(=S)CC(=O)CCc2ccc(-c3ncn(-c4ccc(OC(F)(F)C(F)(F)F)cc4)n3)cc2)c1. The number of hydrogen-bond acceptors (Lipinski definition) is 5. The maximum absolute atomic E-state index is 13.1. The fourth-order valence-corrected chi connectivity index (χ4v) is 4.85. The molecule has 43 heavy (non-hydrogen) atoms. The van der Waals surface area contributed by atoms with Gasteiger partial charge < -0.3 is 4.74 Å². The van der Waals surface area contributed by atoms with Gasteiger partial charge in [-0.05, 0) is 60.2 Å². The summed E-state index contributed by atoms with van der Waals surface area (Å²) in [5, 5.41) is 4.36. The highest BCUT2D eigenvalue weighted by atomic mass is 32.1. The molecule has 4 aromatic rings. The van der Waals surface area contributed by atoms with E-state index in [0.717, 1.165) is 22.6 Å². The van der Waals surface area contributed by atoms with Gasteiger partial charge in [-0.2, -0.15) is 22.0 Å². The largest absolute Gasteiger partial charge is 0.499 e. The van der Waals surface area contributed by atoms with Gasteiger partial charge in [0, 0.05) is 29.7 Å². The van der Waals surface area contributed by atoms with Crippen LogP contribution in [0.3, 0.4) is 0 Å². The lowest BCUT2D eigenvalue weighted by Gasteiger charge is -2.20. The summed E-state index contributed by atoms with van der Waals surface area (Å²) in [6, 6.07) is 18.3. The van der Waals surface area contributed by atoms with Crippen LogP contribution in [-0.2, 0) is 17.6 Å². The van der Waals surface area contributed by atoms with Crippen molar-refractivity contribution >= 4 is 22.9 Å². The number of aromatic nitrogens is 3. The number of thiocarbonyl (C=S) groups is 1. The van der Waals surface area contributed by atoms with Gasteiger partial charge >= 0.3 is 12.3 Å². The third-order valence-corrected chi connectivity index (χ3v) is 7.06. The van der Waals surface area contributed by atoms with E-state index >= 15 is 0 Å². The third kappa shape index (κ3) is 8.31. The van der Waals surface area contributed by atoms with Crippen molar-refractivity contribution in [3.8, 4) is 22.8 Å². The van der Waals surface area contributed by atoms with Crippen LogP contribution in [0.15, 0.2) is 73.1 Å². The zero-order valence-electron chi connectivity index (χ0n) is 23.8. The standard InChI is InChI=1S/C32H30F5N3O2S/c1-20(2)29-15-4-21(3)16-24(29)17-28(43)18-26(41)12-7-22-5-8-23(9-6-22)30-38-19-40(39-30)25-10-13-27(14-11-25)42-32(36,37)31(33,34)35/h4-6,8-11,13-16,19-20H,7,12,17-18H2,1-3H3. The maximum Gasteiger partial charge on any atom is 0.499 e. The zero-order valence-corrected chi connectivity index (χ0v) is 24.6. The normalized spacial score (nSPS) is 12.0. The number of hydrogen-bond donors (Lipinski definition) is 0. The number of carbonyl (C=O) groups is 1. The van der Waals surface area contributed by atoms with Gasteiger partial charge in [0.15, 0.2) is 5.82 Å². The van der Waals surface area contributed by atoms with E-state index < -0.39 is 18.0 Å². The molecule has 11 heteroatoms. The number of ether oxygens (including phenoxy) is 1. The molecule has 4 rings (SSSR count). The number of halogens is 5. The Balaban J connectivity index is 1.30. The van der Waals surface area contributed by atoms with Crippen LogP contribution in [0.4, 0.5) is 22.0 Å². The average Bonchev–Trinajstić information content (AvgIpc) is 3.42. The summed E-state index contributed by atoms with van der Waals surface area (Å²) < 4.78 is 68.5. The molecule has 0 fully saturated rings. The second kappa shape index (κ2) is 13.1. The third-order valence-electron chi connectivity index (χ3n) is 6.78. The molecule has 0 atom stereocenters. The fourth-order valence-electron chi connectivity index (χ4n) is 4.53. The smallest absolute Gasteiger partial charge is 0.426 e. The average molecular weight is 616 g/mol. The Morgan fingerprint density at radius 1 is 0.977 bits per heavy atom. The molecule has 0 aliphatic heterocycles. The fraction of sp³-hybridized carbons (Fsp3) is 0.312. The van der Waals surface area contributed by atoms with E-state index in [9.17, 15) is 26.7 Å². The Kier molecular flexibility index (Phi) is 9.74. The molecule has 226 valence electrons. The molecule has 3 aromatic carbocycles. The first-order chi connectivity index (χ1) is 20.2. The lowest BCUT2D eigenvalue weighted by atomic mass is 9.92. The predicted molar refractivity (Wildman–Crippen MR) is 158 cm³/mol. The molecule has 0 amide bonds. The molecule has 5 nitrogen and oxygen atoms in total. The summed E-state index contributed by atoms with van der Waals surface area (Å²) in [6.45, 7) is 6.33. The van der Waals surface area contributed by atoms with Crippen LogP contribution >= 0.6 is 12.2 Å². The van der Waals surface area contributed by atoms with E-state index in [1.54, 1.807) is 0 Å². The van der Waals surface area contributed by atoms with E-state index in [2.05, 4.69) is 46.9 Å². The molecule has 0 radical (unpaired) electrons. The number of aryl methyl sites for hydroxylation is 2. The summed E-state index contributed by atoms with van der Waals surface area (Å²) >= 11 is 5.57. The van der Waals surface area contributed by atoms with Crippen LogP contribution in [0.25, 0.3) is 17.1 Å². The minimum absolute atomic E-state index is 0.0896. The number of alkyl halides is 5. The van der Waals surface area contributed by atoms with Gasteiger partial charge in [0.2, 0.25) is 0 Å². The van der Waals surface area contributed by atoms with Crippen LogP contribution in [0.2, 0.25) is 0 Å². The summed E-state index contributed by atoms with van der Waals surface area (Å²) in [5.74, 6) is 0.204. The van der Waals surface area contributed by atoms with E-state index in [1.807, 2.05) is 31.2 Å². The zero-order chi connectivity index (χ0) is 31.4. The van der Waals surface area contributed by atoms with Crippen molar-refractivity contribution in [2.24, 2.45) is 0 Å². The van der Waals surface area contributed by atoms with Crippen molar-refractivity contribution in [1.82, 2.24) is 14.8 Å². The van der Waals surface area contributed by atoms with Crippen LogP contribution in [0, 0.1) is 6.92 Å². The molecule has 0 bridgehead atoms. The minimum Gasteiger partial charge on any atom is -0.426 e. The Hall–Kier alpha value is -3.99. The Morgan fingerprint density at radius 2 is 1.65 bits per heavy atom.